The Hall–Kier alpha value is -1.45. The third kappa shape index (κ3) is 4.02. The van der Waals surface area contributed by atoms with Gasteiger partial charge in [0.05, 0.1) is 11.1 Å². The standard InChI is InChI=1S/C17H24N2O/c1-5-20-17(3,4)12-18-11-14-7-9-16-15(10-14)8-6-13(2)19-16/h6-10,18H,5,11-12H2,1-4H3. The molecule has 20 heavy (non-hydrogen) atoms. The first-order chi connectivity index (χ1) is 9.50. The smallest absolute Gasteiger partial charge is 0.0750 e. The van der Waals surface area contributed by atoms with Crippen molar-refractivity contribution in [2.24, 2.45) is 0 Å². The number of fused-ring (bicyclic) bond motifs is 1. The molecule has 1 heterocycles. The van der Waals surface area contributed by atoms with E-state index in [1.165, 1.54) is 10.9 Å². The maximum atomic E-state index is 5.68. The normalized spacial score (nSPS) is 12.0. The van der Waals surface area contributed by atoms with Crippen molar-refractivity contribution >= 4 is 10.9 Å². The number of nitrogens with one attached hydrogen (secondary N) is 1. The predicted octanol–water partition coefficient (Wildman–Crippen LogP) is 3.45. The van der Waals surface area contributed by atoms with Gasteiger partial charge < -0.3 is 10.1 Å². The van der Waals surface area contributed by atoms with Crippen molar-refractivity contribution in [1.29, 1.82) is 0 Å². The van der Waals surface area contributed by atoms with E-state index in [2.05, 4.69) is 54.5 Å². The molecule has 0 saturated carbocycles. The van der Waals surface area contributed by atoms with Gasteiger partial charge in [-0.3, -0.25) is 4.98 Å². The third-order valence-electron chi connectivity index (χ3n) is 3.31. The largest absolute Gasteiger partial charge is 0.375 e. The summed E-state index contributed by atoms with van der Waals surface area (Å²) in [5.74, 6) is 0. The summed E-state index contributed by atoms with van der Waals surface area (Å²) in [5, 5.41) is 4.65. The molecule has 0 amide bonds. The maximum Gasteiger partial charge on any atom is 0.0750 e. The average Bonchev–Trinajstić information content (AvgIpc) is 2.38. The molecule has 0 unspecified atom stereocenters. The number of pyridine rings is 1. The van der Waals surface area contributed by atoms with Gasteiger partial charge in [0.1, 0.15) is 0 Å². The highest BCUT2D eigenvalue weighted by molar-refractivity contribution is 5.79. The van der Waals surface area contributed by atoms with E-state index in [1.54, 1.807) is 0 Å². The summed E-state index contributed by atoms with van der Waals surface area (Å²) in [7, 11) is 0. The molecule has 0 radical (unpaired) electrons. The van der Waals surface area contributed by atoms with E-state index in [9.17, 15) is 0 Å². The molecule has 0 atom stereocenters. The van der Waals surface area contributed by atoms with Crippen molar-refractivity contribution in [2.75, 3.05) is 13.2 Å². The molecule has 0 fully saturated rings. The third-order valence-corrected chi connectivity index (χ3v) is 3.31. The van der Waals surface area contributed by atoms with E-state index < -0.39 is 0 Å². The second kappa shape index (κ2) is 6.33. The van der Waals surface area contributed by atoms with Crippen LogP contribution in [0, 0.1) is 6.92 Å². The molecule has 0 bridgehead atoms. The quantitative estimate of drug-likeness (QED) is 0.874. The van der Waals surface area contributed by atoms with Crippen LogP contribution in [-0.4, -0.2) is 23.7 Å². The number of benzene rings is 1. The summed E-state index contributed by atoms with van der Waals surface area (Å²) in [6.07, 6.45) is 0. The number of hydrogen-bond donors (Lipinski definition) is 1. The van der Waals surface area contributed by atoms with Crippen LogP contribution in [-0.2, 0) is 11.3 Å². The summed E-state index contributed by atoms with van der Waals surface area (Å²) in [4.78, 5) is 4.52. The summed E-state index contributed by atoms with van der Waals surface area (Å²) >= 11 is 0. The lowest BCUT2D eigenvalue weighted by atomic mass is 10.1. The zero-order chi connectivity index (χ0) is 14.6. The van der Waals surface area contributed by atoms with E-state index in [0.717, 1.165) is 30.9 Å². The Morgan fingerprint density at radius 1 is 1.20 bits per heavy atom. The Morgan fingerprint density at radius 2 is 2.00 bits per heavy atom. The fraction of sp³-hybridized carbons (Fsp3) is 0.471. The SMILES string of the molecule is CCOC(C)(C)CNCc1ccc2nc(C)ccc2c1. The monoisotopic (exact) mass is 272 g/mol. The molecule has 0 aliphatic rings. The molecular weight excluding hydrogens is 248 g/mol. The van der Waals surface area contributed by atoms with Gasteiger partial charge in [0.25, 0.3) is 0 Å². The number of aryl methyl sites for hydroxylation is 1. The molecule has 1 aromatic carbocycles. The number of aromatic nitrogens is 1. The van der Waals surface area contributed by atoms with Crippen LogP contribution in [0.1, 0.15) is 32.0 Å². The van der Waals surface area contributed by atoms with Gasteiger partial charge in [-0.2, -0.15) is 0 Å². The highest BCUT2D eigenvalue weighted by atomic mass is 16.5. The summed E-state index contributed by atoms with van der Waals surface area (Å²) in [6, 6.07) is 10.6. The van der Waals surface area contributed by atoms with Crippen LogP contribution in [0.3, 0.4) is 0 Å². The van der Waals surface area contributed by atoms with Crippen LogP contribution in [0.5, 0.6) is 0 Å². The molecule has 0 aliphatic carbocycles. The Kier molecular flexibility index (Phi) is 4.73. The molecule has 0 aliphatic heterocycles. The van der Waals surface area contributed by atoms with Gasteiger partial charge in [-0.05, 0) is 51.5 Å². The van der Waals surface area contributed by atoms with E-state index in [0.29, 0.717) is 0 Å². The van der Waals surface area contributed by atoms with Crippen molar-refractivity contribution in [2.45, 2.75) is 39.8 Å². The molecule has 2 rings (SSSR count). The second-order valence-corrected chi connectivity index (χ2v) is 5.78. The molecule has 1 aromatic heterocycles. The topological polar surface area (TPSA) is 34.1 Å². The molecule has 1 N–H and O–H groups in total. The molecular formula is C17H24N2O. The Bertz CT molecular complexity index is 578. The fourth-order valence-corrected chi connectivity index (χ4v) is 2.34. The summed E-state index contributed by atoms with van der Waals surface area (Å²) < 4.78 is 5.68. The Morgan fingerprint density at radius 3 is 2.75 bits per heavy atom. The molecule has 108 valence electrons. The van der Waals surface area contributed by atoms with Crippen LogP contribution in [0.25, 0.3) is 10.9 Å². The number of ether oxygens (including phenoxy) is 1. The van der Waals surface area contributed by atoms with Crippen molar-refractivity contribution in [3.05, 3.63) is 41.6 Å². The first kappa shape index (κ1) is 14.9. The van der Waals surface area contributed by atoms with Crippen LogP contribution < -0.4 is 5.32 Å². The Balaban J connectivity index is 1.98. The minimum Gasteiger partial charge on any atom is -0.375 e. The molecule has 2 aromatic rings. The lowest BCUT2D eigenvalue weighted by Gasteiger charge is -2.25. The minimum absolute atomic E-state index is 0.121. The van der Waals surface area contributed by atoms with Crippen molar-refractivity contribution < 1.29 is 4.74 Å². The summed E-state index contributed by atoms with van der Waals surface area (Å²) in [6.45, 7) is 10.7. The van der Waals surface area contributed by atoms with Crippen molar-refractivity contribution in [3.63, 3.8) is 0 Å². The van der Waals surface area contributed by atoms with Gasteiger partial charge in [0.2, 0.25) is 0 Å². The second-order valence-electron chi connectivity index (χ2n) is 5.78. The lowest BCUT2D eigenvalue weighted by Crippen LogP contribution is -2.37. The van der Waals surface area contributed by atoms with Crippen molar-refractivity contribution in [1.82, 2.24) is 10.3 Å². The van der Waals surface area contributed by atoms with Gasteiger partial charge in [-0.1, -0.05) is 12.1 Å². The maximum absolute atomic E-state index is 5.68. The first-order valence-electron chi connectivity index (χ1n) is 7.21. The molecule has 0 spiro atoms. The van der Waals surface area contributed by atoms with E-state index in [4.69, 9.17) is 4.74 Å². The van der Waals surface area contributed by atoms with Gasteiger partial charge >= 0.3 is 0 Å². The van der Waals surface area contributed by atoms with Gasteiger partial charge in [0, 0.05) is 30.8 Å². The molecule has 3 heteroatoms. The van der Waals surface area contributed by atoms with Crippen molar-refractivity contribution in [3.8, 4) is 0 Å². The lowest BCUT2D eigenvalue weighted by molar-refractivity contribution is -0.00897. The van der Waals surface area contributed by atoms with Crippen LogP contribution in [0.4, 0.5) is 0 Å². The zero-order valence-electron chi connectivity index (χ0n) is 12.9. The highest BCUT2D eigenvalue weighted by Gasteiger charge is 2.16. The summed E-state index contributed by atoms with van der Waals surface area (Å²) in [5.41, 5.74) is 3.27. The van der Waals surface area contributed by atoms with Gasteiger partial charge in [-0.15, -0.1) is 0 Å². The Labute approximate surface area is 121 Å². The highest BCUT2D eigenvalue weighted by Crippen LogP contribution is 2.15. The van der Waals surface area contributed by atoms with E-state index in [1.807, 2.05) is 13.8 Å². The van der Waals surface area contributed by atoms with Crippen LogP contribution in [0.15, 0.2) is 30.3 Å². The molecule has 3 nitrogen and oxygen atoms in total. The molecule has 0 saturated heterocycles. The van der Waals surface area contributed by atoms with Crippen LogP contribution >= 0.6 is 0 Å². The number of rotatable bonds is 6. The van der Waals surface area contributed by atoms with Gasteiger partial charge in [-0.25, -0.2) is 0 Å². The fourth-order valence-electron chi connectivity index (χ4n) is 2.34. The van der Waals surface area contributed by atoms with E-state index >= 15 is 0 Å². The zero-order valence-corrected chi connectivity index (χ0v) is 12.9. The van der Waals surface area contributed by atoms with Crippen LogP contribution in [0.2, 0.25) is 0 Å². The predicted molar refractivity (Wildman–Crippen MR) is 83.9 cm³/mol. The van der Waals surface area contributed by atoms with Gasteiger partial charge in [0.15, 0.2) is 0 Å². The van der Waals surface area contributed by atoms with E-state index in [-0.39, 0.29) is 5.60 Å². The number of hydrogen-bond acceptors (Lipinski definition) is 3. The number of nitrogens with zero attached hydrogens (tertiary/aromatic N) is 1. The minimum atomic E-state index is -0.121. The first-order valence-corrected chi connectivity index (χ1v) is 7.21. The average molecular weight is 272 g/mol.